The van der Waals surface area contributed by atoms with Crippen LogP contribution >= 0.6 is 0 Å². The zero-order chi connectivity index (χ0) is 19.1. The van der Waals surface area contributed by atoms with Gasteiger partial charge in [0.05, 0.1) is 18.6 Å². The van der Waals surface area contributed by atoms with Gasteiger partial charge in [-0.2, -0.15) is 0 Å². The molecule has 0 spiro atoms. The Bertz CT molecular complexity index is 540. The quantitative estimate of drug-likeness (QED) is 0.420. The molecule has 1 aliphatic heterocycles. The molecule has 2 fully saturated rings. The van der Waals surface area contributed by atoms with Gasteiger partial charge >= 0.3 is 17.8 Å². The molecule has 7 nitrogen and oxygen atoms in total. The lowest BCUT2D eigenvalue weighted by Crippen LogP contribution is -2.47. The maximum absolute atomic E-state index is 12.1. The second-order valence-electron chi connectivity index (χ2n) is 7.17. The van der Waals surface area contributed by atoms with Crippen LogP contribution in [0.4, 0.5) is 0 Å². The molecule has 0 bridgehead atoms. The predicted octanol–water partition coefficient (Wildman–Crippen LogP) is 1.32. The summed E-state index contributed by atoms with van der Waals surface area (Å²) in [6.45, 7) is 9.04. The number of carbonyl (C=O) groups excluding carboxylic acids is 3. The van der Waals surface area contributed by atoms with Crippen LogP contribution in [0.1, 0.15) is 46.0 Å². The van der Waals surface area contributed by atoms with E-state index in [1.165, 1.54) is 0 Å². The molecule has 2 unspecified atom stereocenters. The molecule has 146 valence electrons. The van der Waals surface area contributed by atoms with E-state index < -0.39 is 11.8 Å². The molecule has 26 heavy (non-hydrogen) atoms. The van der Waals surface area contributed by atoms with Crippen LogP contribution in [0, 0.1) is 11.8 Å². The second kappa shape index (κ2) is 9.71. The zero-order valence-corrected chi connectivity index (χ0v) is 15.7. The molecule has 1 heterocycles. The van der Waals surface area contributed by atoms with E-state index in [2.05, 4.69) is 17.2 Å². The Kier molecular flexibility index (Phi) is 7.63. The summed E-state index contributed by atoms with van der Waals surface area (Å²) in [5.41, 5.74) is 0.935. The maximum Gasteiger partial charge on any atom is 0.309 e. The molecule has 0 aromatic carbocycles. The maximum atomic E-state index is 12.1. The van der Waals surface area contributed by atoms with Crippen LogP contribution in [0.3, 0.4) is 0 Å². The lowest BCUT2D eigenvalue weighted by atomic mass is 9.86. The normalized spacial score (nSPS) is 28.2. The molecule has 0 aromatic rings. The van der Waals surface area contributed by atoms with Crippen LogP contribution in [-0.2, 0) is 23.9 Å². The van der Waals surface area contributed by atoms with Crippen molar-refractivity contribution in [2.45, 2.75) is 58.1 Å². The van der Waals surface area contributed by atoms with Crippen molar-refractivity contribution in [3.63, 3.8) is 0 Å². The van der Waals surface area contributed by atoms with E-state index >= 15 is 0 Å². The standard InChI is InChI=1S/C19H30N2O5/c1-4-25-19(24)13-5-7-15(8-6-13)21-18(23)17(22)20-11-14-9-10-26-16(14)12(2)3/h13-16H,2,4-11H2,1,3H3,(H,20,22)(H,21,23). The number of nitrogens with one attached hydrogen (secondary N) is 2. The summed E-state index contributed by atoms with van der Waals surface area (Å²) in [6, 6.07) is -0.0723. The predicted molar refractivity (Wildman–Crippen MR) is 96.2 cm³/mol. The Hall–Kier alpha value is -1.89. The van der Waals surface area contributed by atoms with Crippen molar-refractivity contribution < 1.29 is 23.9 Å². The highest BCUT2D eigenvalue weighted by Gasteiger charge is 2.31. The van der Waals surface area contributed by atoms with Crippen LogP contribution < -0.4 is 10.6 Å². The lowest BCUT2D eigenvalue weighted by Gasteiger charge is -2.27. The summed E-state index contributed by atoms with van der Waals surface area (Å²) >= 11 is 0. The summed E-state index contributed by atoms with van der Waals surface area (Å²) in [5, 5.41) is 5.46. The first kappa shape index (κ1) is 20.4. The third kappa shape index (κ3) is 5.56. The van der Waals surface area contributed by atoms with Crippen molar-refractivity contribution in [3.05, 3.63) is 12.2 Å². The number of ether oxygens (including phenoxy) is 2. The number of carbonyl (C=O) groups is 3. The Balaban J connectivity index is 1.70. The molecule has 7 heteroatoms. The molecule has 2 amide bonds. The van der Waals surface area contributed by atoms with E-state index in [1.54, 1.807) is 6.92 Å². The minimum absolute atomic E-state index is 0.0588. The highest BCUT2D eigenvalue weighted by Crippen LogP contribution is 2.26. The largest absolute Gasteiger partial charge is 0.466 e. The fourth-order valence-electron chi connectivity index (χ4n) is 3.68. The van der Waals surface area contributed by atoms with Gasteiger partial charge in [0.15, 0.2) is 0 Å². The SMILES string of the molecule is C=C(C)C1OCCC1CNC(=O)C(=O)NC1CCC(C(=O)OCC)CC1. The smallest absolute Gasteiger partial charge is 0.309 e. The van der Waals surface area contributed by atoms with Gasteiger partial charge < -0.3 is 20.1 Å². The van der Waals surface area contributed by atoms with Gasteiger partial charge in [0.1, 0.15) is 0 Å². The molecule has 2 atom stereocenters. The van der Waals surface area contributed by atoms with E-state index in [1.807, 2.05) is 6.92 Å². The molecule has 1 aliphatic carbocycles. The fourth-order valence-corrected chi connectivity index (χ4v) is 3.68. The summed E-state index contributed by atoms with van der Waals surface area (Å²) in [6.07, 6.45) is 3.48. The van der Waals surface area contributed by atoms with Gasteiger partial charge in [0.2, 0.25) is 0 Å². The third-order valence-electron chi connectivity index (χ3n) is 5.11. The summed E-state index contributed by atoms with van der Waals surface area (Å²) in [7, 11) is 0. The average Bonchev–Trinajstić information content (AvgIpc) is 3.09. The van der Waals surface area contributed by atoms with Crippen LogP contribution in [-0.4, -0.2) is 49.7 Å². The third-order valence-corrected chi connectivity index (χ3v) is 5.11. The van der Waals surface area contributed by atoms with Gasteiger partial charge in [-0.15, -0.1) is 0 Å². The Morgan fingerprint density at radius 1 is 1.12 bits per heavy atom. The second-order valence-corrected chi connectivity index (χ2v) is 7.17. The van der Waals surface area contributed by atoms with E-state index in [4.69, 9.17) is 9.47 Å². The van der Waals surface area contributed by atoms with Crippen molar-refractivity contribution in [1.29, 1.82) is 0 Å². The monoisotopic (exact) mass is 366 g/mol. The average molecular weight is 366 g/mol. The topological polar surface area (TPSA) is 93.7 Å². The van der Waals surface area contributed by atoms with Gasteiger partial charge in [-0.25, -0.2) is 0 Å². The number of hydrogen-bond donors (Lipinski definition) is 2. The fraction of sp³-hybridized carbons (Fsp3) is 0.737. The Labute approximate surface area is 154 Å². The first-order valence-electron chi connectivity index (χ1n) is 9.44. The molecular formula is C19H30N2O5. The van der Waals surface area contributed by atoms with Gasteiger partial charge in [0.25, 0.3) is 0 Å². The lowest BCUT2D eigenvalue weighted by molar-refractivity contribution is -0.149. The van der Waals surface area contributed by atoms with E-state index in [-0.39, 0.29) is 30.0 Å². The molecule has 1 saturated carbocycles. The van der Waals surface area contributed by atoms with E-state index in [0.29, 0.717) is 45.4 Å². The molecular weight excluding hydrogens is 336 g/mol. The first-order chi connectivity index (χ1) is 12.4. The minimum atomic E-state index is -0.620. The van der Waals surface area contributed by atoms with Crippen molar-refractivity contribution >= 4 is 17.8 Å². The first-order valence-corrected chi connectivity index (χ1v) is 9.44. The molecule has 2 aliphatic rings. The number of esters is 1. The van der Waals surface area contributed by atoms with Crippen LogP contribution in [0.25, 0.3) is 0 Å². The molecule has 2 N–H and O–H groups in total. The summed E-state index contributed by atoms with van der Waals surface area (Å²) in [4.78, 5) is 35.9. The van der Waals surface area contributed by atoms with Gasteiger partial charge in [0, 0.05) is 25.1 Å². The number of hydrogen-bond acceptors (Lipinski definition) is 5. The summed E-state index contributed by atoms with van der Waals surface area (Å²) < 4.78 is 10.6. The highest BCUT2D eigenvalue weighted by atomic mass is 16.5. The molecule has 2 rings (SSSR count). The zero-order valence-electron chi connectivity index (χ0n) is 15.7. The Morgan fingerprint density at radius 2 is 1.81 bits per heavy atom. The van der Waals surface area contributed by atoms with Crippen molar-refractivity contribution in [1.82, 2.24) is 10.6 Å². The van der Waals surface area contributed by atoms with Gasteiger partial charge in [-0.05, 0) is 46.0 Å². The van der Waals surface area contributed by atoms with Crippen LogP contribution in [0.2, 0.25) is 0 Å². The van der Waals surface area contributed by atoms with Gasteiger partial charge in [-0.1, -0.05) is 12.2 Å². The number of rotatable bonds is 6. The minimum Gasteiger partial charge on any atom is -0.466 e. The van der Waals surface area contributed by atoms with Crippen LogP contribution in [0.5, 0.6) is 0 Å². The van der Waals surface area contributed by atoms with E-state index in [9.17, 15) is 14.4 Å². The van der Waals surface area contributed by atoms with Crippen molar-refractivity contribution in [3.8, 4) is 0 Å². The van der Waals surface area contributed by atoms with Crippen molar-refractivity contribution in [2.24, 2.45) is 11.8 Å². The van der Waals surface area contributed by atoms with Crippen molar-refractivity contribution in [2.75, 3.05) is 19.8 Å². The molecule has 1 saturated heterocycles. The highest BCUT2D eigenvalue weighted by molar-refractivity contribution is 6.35. The Morgan fingerprint density at radius 3 is 2.42 bits per heavy atom. The molecule has 0 aromatic heterocycles. The van der Waals surface area contributed by atoms with Crippen LogP contribution in [0.15, 0.2) is 12.2 Å². The van der Waals surface area contributed by atoms with Gasteiger partial charge in [-0.3, -0.25) is 14.4 Å². The van der Waals surface area contributed by atoms with E-state index in [0.717, 1.165) is 12.0 Å². The number of amides is 2. The summed E-state index contributed by atoms with van der Waals surface area (Å²) in [5.74, 6) is -1.34. The molecule has 0 radical (unpaired) electrons.